The topological polar surface area (TPSA) is 133 Å². The van der Waals surface area contributed by atoms with Gasteiger partial charge in [0.1, 0.15) is 11.5 Å². The van der Waals surface area contributed by atoms with Crippen LogP contribution in [0.2, 0.25) is 0 Å². The second-order valence-corrected chi connectivity index (χ2v) is 29.7. The van der Waals surface area contributed by atoms with E-state index in [2.05, 4.69) is 107 Å². The first-order chi connectivity index (χ1) is 51.6. The summed E-state index contributed by atoms with van der Waals surface area (Å²) in [6.45, 7) is 9.05. The van der Waals surface area contributed by atoms with Crippen molar-refractivity contribution < 1.29 is 51.0 Å². The molecule has 21 heteroatoms. The largest absolute Gasteiger partial charge is 0.497 e. The average molecular weight is 1520 g/mol. The third kappa shape index (κ3) is 19.1. The van der Waals surface area contributed by atoms with Gasteiger partial charge in [0.2, 0.25) is 0 Å². The molecule has 0 amide bonds. The van der Waals surface area contributed by atoms with Gasteiger partial charge in [0, 0.05) is 111 Å². The smallest absolute Gasteiger partial charge is 0.416 e. The van der Waals surface area contributed by atoms with Gasteiger partial charge < -0.3 is 38.4 Å². The Labute approximate surface area is 642 Å². The summed E-state index contributed by atoms with van der Waals surface area (Å²) in [5, 5.41) is 4.75. The molecule has 0 radical (unpaired) electrons. The van der Waals surface area contributed by atoms with Crippen LogP contribution in [0.5, 0.6) is 5.75 Å². The molecule has 0 N–H and O–H groups in total. The lowest BCUT2D eigenvalue weighted by Gasteiger charge is -2.19. The minimum absolute atomic E-state index is 0.0175. The van der Waals surface area contributed by atoms with Crippen LogP contribution < -0.4 is 29.2 Å². The molecule has 0 aliphatic carbocycles. The van der Waals surface area contributed by atoms with E-state index in [1.54, 1.807) is 115 Å². The van der Waals surface area contributed by atoms with Gasteiger partial charge in [-0.1, -0.05) is 199 Å². The Morgan fingerprint density at radius 3 is 1.19 bits per heavy atom. The van der Waals surface area contributed by atoms with Crippen LogP contribution in [0.15, 0.2) is 328 Å². The predicted molar refractivity (Wildman–Crippen MR) is 432 cm³/mol. The van der Waals surface area contributed by atoms with Crippen molar-refractivity contribution in [1.82, 2.24) is 0 Å². The maximum Gasteiger partial charge on any atom is 0.416 e. The van der Waals surface area contributed by atoms with E-state index in [0.717, 1.165) is 105 Å². The number of methoxy groups -OCH3 is 2. The van der Waals surface area contributed by atoms with Crippen molar-refractivity contribution in [3.05, 3.63) is 344 Å². The van der Waals surface area contributed by atoms with Crippen molar-refractivity contribution in [3.8, 4) is 5.75 Å². The number of benzene rings is 9. The van der Waals surface area contributed by atoms with Gasteiger partial charge in [0.05, 0.1) is 85.2 Å². The number of furan rings is 1. The van der Waals surface area contributed by atoms with Gasteiger partial charge in [-0.3, -0.25) is 19.2 Å². The molecule has 6 heterocycles. The van der Waals surface area contributed by atoms with Crippen molar-refractivity contribution in [2.24, 2.45) is 0 Å². The Morgan fingerprint density at radius 1 is 0.430 bits per heavy atom. The maximum absolute atomic E-state index is 12.6. The number of hydrogen-bond acceptors (Lipinski definition) is 18. The maximum atomic E-state index is 12.6. The highest BCUT2D eigenvalue weighted by Crippen LogP contribution is 2.49. The molecule has 0 saturated carbocycles. The van der Waals surface area contributed by atoms with Crippen LogP contribution in [0.3, 0.4) is 0 Å². The van der Waals surface area contributed by atoms with E-state index in [0.29, 0.717) is 22.4 Å². The molecule has 13 nitrogen and oxygen atoms in total. The number of carbonyl (C=O) groups is 5. The number of anilines is 5. The highest BCUT2D eigenvalue weighted by atomic mass is 32.2. The molecule has 0 bridgehead atoms. The summed E-state index contributed by atoms with van der Waals surface area (Å²) in [6.07, 6.45) is 6.84. The quantitative estimate of drug-likeness (QED) is 0.0580. The van der Waals surface area contributed by atoms with Crippen molar-refractivity contribution in [2.75, 3.05) is 73.5 Å². The second-order valence-electron chi connectivity index (χ2n) is 24.4. The number of hydrogen-bond donors (Lipinski definition) is 0. The van der Waals surface area contributed by atoms with E-state index in [-0.39, 0.29) is 28.7 Å². The molecule has 1 aromatic heterocycles. The summed E-state index contributed by atoms with van der Waals surface area (Å²) in [5.41, 5.74) is 9.54. The van der Waals surface area contributed by atoms with E-state index < -0.39 is 17.7 Å². The molecule has 0 atom stereocenters. The molecule has 0 unspecified atom stereocenters. The first-order valence-corrected chi connectivity index (χ1v) is 37.8. The number of aryl methyl sites for hydroxylation is 1. The number of esters is 1. The van der Waals surface area contributed by atoms with Gasteiger partial charge in [-0.15, -0.1) is 0 Å². The molecule has 542 valence electrons. The van der Waals surface area contributed by atoms with E-state index in [9.17, 15) is 37.1 Å². The molecule has 0 spiro atoms. The summed E-state index contributed by atoms with van der Waals surface area (Å²) in [5.74, 6) is 0.729. The minimum atomic E-state index is -4.40. The number of rotatable bonds is 14. The zero-order chi connectivity index (χ0) is 75.9. The fourth-order valence-corrected chi connectivity index (χ4v) is 16.8. The number of carbonyl (C=O) groups excluding carboxylic acids is 5. The standard InChI is InChI=1S/C20H19NO3S.C17H12F3NOS.C17H15NO2S.C17H15NOS.C15H13NOS/c1-3-12-21-16-6-4-5-7-18(16)25-19(21)13-17(22)14-8-10-15(11-9-14)20(23)24-2;1-21-13-4-2-3-5-15(13)23-16(21)10-14(22)11-6-8-12(9-7-11)17(18,19)20;1-18-14-8-3-4-9-16(14)21-17(18)11-15(19)12-6-5-7-13(10-12)20-2;1-12-7-9-13(10-8-12)15(19)11-17-18(2)14-5-3-4-6-16(14)20-17;1-11(13-7-5-9-17-13)10-15-16(2)12-6-3-4-8-14(12)18-15/h4-11,13H,3,12H2,1-2H3;2-10H,1H3;3-11H,1-2H3;3-11H,1-2H3;3-10H,1H2,2H3/b19-13+;16-10+;2*17-11+;15-10+. The lowest BCUT2D eigenvalue weighted by molar-refractivity contribution is -0.137. The van der Waals surface area contributed by atoms with Crippen molar-refractivity contribution >= 4 is 122 Å². The Kier molecular flexibility index (Phi) is 25.7. The molecule has 9 aromatic carbocycles. The third-order valence-corrected chi connectivity index (χ3v) is 22.9. The fourth-order valence-electron chi connectivity index (χ4n) is 11.3. The molecule has 107 heavy (non-hydrogen) atoms. The number of fused-ring (bicyclic) bond motifs is 5. The summed E-state index contributed by atoms with van der Waals surface area (Å²) in [6, 6.07) is 70.0. The van der Waals surface area contributed by atoms with Crippen LogP contribution in [0.1, 0.15) is 82.0 Å². The van der Waals surface area contributed by atoms with E-state index in [1.165, 1.54) is 57.5 Å². The van der Waals surface area contributed by atoms with E-state index in [4.69, 9.17) is 9.15 Å². The summed E-state index contributed by atoms with van der Waals surface area (Å²) >= 11 is 8.08. The second kappa shape index (κ2) is 35.5. The van der Waals surface area contributed by atoms with Crippen LogP contribution in [0.25, 0.3) is 5.57 Å². The number of nitrogens with zero attached hydrogens (tertiary/aromatic N) is 5. The number of halogens is 3. The molecule has 0 fully saturated rings. The number of para-hydroxylation sites is 5. The Morgan fingerprint density at radius 2 is 0.794 bits per heavy atom. The van der Waals surface area contributed by atoms with Gasteiger partial charge in [-0.05, 0) is 129 Å². The highest BCUT2D eigenvalue weighted by Gasteiger charge is 2.32. The van der Waals surface area contributed by atoms with Crippen molar-refractivity contribution in [2.45, 2.75) is 50.9 Å². The first-order valence-electron chi connectivity index (χ1n) is 33.7. The highest BCUT2D eigenvalue weighted by molar-refractivity contribution is 8.04. The van der Waals surface area contributed by atoms with Gasteiger partial charge in [-0.25, -0.2) is 4.79 Å². The van der Waals surface area contributed by atoms with E-state index >= 15 is 0 Å². The van der Waals surface area contributed by atoms with Crippen molar-refractivity contribution in [3.63, 3.8) is 0 Å². The van der Waals surface area contributed by atoms with Gasteiger partial charge in [0.15, 0.2) is 23.1 Å². The summed E-state index contributed by atoms with van der Waals surface area (Å²) < 4.78 is 52.8. The average Bonchev–Trinajstić information content (AvgIpc) is 1.73. The normalized spacial score (nSPS) is 15.4. The third-order valence-electron chi connectivity index (χ3n) is 17.1. The van der Waals surface area contributed by atoms with Crippen LogP contribution in [0.4, 0.5) is 41.6 Å². The lowest BCUT2D eigenvalue weighted by atomic mass is 10.1. The summed E-state index contributed by atoms with van der Waals surface area (Å²) in [7, 11) is 10.8. The molecular weight excluding hydrogens is 1450 g/mol. The predicted octanol–water partition coefficient (Wildman–Crippen LogP) is 22.1. The monoisotopic (exact) mass is 1520 g/mol. The molecule has 10 aromatic rings. The zero-order valence-corrected chi connectivity index (χ0v) is 63.8. The fraction of sp³-hybridized carbons (Fsp3) is 0.128. The number of alkyl halides is 3. The van der Waals surface area contributed by atoms with Gasteiger partial charge >= 0.3 is 12.1 Å². The number of thioether (sulfide) groups is 5. The Hall–Kier alpha value is -10.8. The lowest BCUT2D eigenvalue weighted by Crippen LogP contribution is -2.19. The number of ether oxygens (including phenoxy) is 2. The van der Waals surface area contributed by atoms with Crippen LogP contribution in [0, 0.1) is 6.92 Å². The number of allylic oxidation sites excluding steroid dienone is 6. The SMILES string of the molecule is C=C(/C=C1/Sc2ccccc2N1C)c1ccco1.CCCN1/C(=C\C(=O)c2ccc(C(=O)OC)cc2)Sc2ccccc21.CN1/C(=C\C(=O)c2ccc(C(F)(F)F)cc2)Sc2ccccc21.COc1cccc(C(=O)/C=C2/Sc3ccccc3N2C)c1.Cc1ccc(C(=O)/C=C2/Sc3ccccc3N2C)cc1. The van der Waals surface area contributed by atoms with Gasteiger partial charge in [-0.2, -0.15) is 13.2 Å². The van der Waals surface area contributed by atoms with E-state index in [1.807, 2.05) is 147 Å². The molecule has 0 saturated heterocycles. The molecule has 5 aliphatic rings. The number of ketones is 4. The first kappa shape index (κ1) is 77.3. The van der Waals surface area contributed by atoms with Crippen molar-refractivity contribution in [1.29, 1.82) is 0 Å². The zero-order valence-electron chi connectivity index (χ0n) is 59.7. The molecular formula is C86H74F3N5O8S5. The molecule has 15 rings (SSSR count). The molecule has 5 aliphatic heterocycles. The van der Waals surface area contributed by atoms with Crippen LogP contribution in [-0.2, 0) is 10.9 Å². The van der Waals surface area contributed by atoms with Gasteiger partial charge in [0.25, 0.3) is 0 Å². The van der Waals surface area contributed by atoms with Crippen LogP contribution >= 0.6 is 58.8 Å². The summed E-state index contributed by atoms with van der Waals surface area (Å²) in [4.78, 5) is 77.2. The Bertz CT molecular complexity index is 5120. The van der Waals surface area contributed by atoms with Crippen LogP contribution in [-0.4, -0.2) is 78.1 Å². The Balaban J connectivity index is 0.000000134. The minimum Gasteiger partial charge on any atom is -0.497 e.